The number of benzene rings is 1. The van der Waals surface area contributed by atoms with E-state index < -0.39 is 0 Å². The standard InChI is InChI=1S/C18H25FN4/c1-3-23-12-15(14(2)21-23)11-22-10-4-5-18(13-22)20-17-8-6-16(19)7-9-17/h6-9,12,18,20H,3-5,10-11,13H2,1-2H3. The first-order chi connectivity index (χ1) is 11.1. The Labute approximate surface area is 137 Å². The van der Waals surface area contributed by atoms with Gasteiger partial charge in [-0.3, -0.25) is 9.58 Å². The van der Waals surface area contributed by atoms with Gasteiger partial charge in [0.2, 0.25) is 0 Å². The minimum atomic E-state index is -0.191. The van der Waals surface area contributed by atoms with Crippen LogP contribution in [0.5, 0.6) is 0 Å². The van der Waals surface area contributed by atoms with Gasteiger partial charge in [-0.2, -0.15) is 5.10 Å². The number of aromatic nitrogens is 2. The highest BCUT2D eigenvalue weighted by molar-refractivity contribution is 5.43. The molecule has 0 spiro atoms. The van der Waals surface area contributed by atoms with Crippen LogP contribution >= 0.6 is 0 Å². The topological polar surface area (TPSA) is 33.1 Å². The van der Waals surface area contributed by atoms with Gasteiger partial charge in [-0.05, 0) is 57.5 Å². The summed E-state index contributed by atoms with van der Waals surface area (Å²) < 4.78 is 15.0. The fraction of sp³-hybridized carbons (Fsp3) is 0.500. The molecule has 0 saturated carbocycles. The van der Waals surface area contributed by atoms with Crippen molar-refractivity contribution < 1.29 is 4.39 Å². The molecule has 1 N–H and O–H groups in total. The third-order valence-corrected chi connectivity index (χ3v) is 4.49. The van der Waals surface area contributed by atoms with Crippen molar-refractivity contribution >= 4 is 5.69 Å². The quantitative estimate of drug-likeness (QED) is 0.917. The lowest BCUT2D eigenvalue weighted by Crippen LogP contribution is -2.41. The van der Waals surface area contributed by atoms with Crippen LogP contribution in [0, 0.1) is 12.7 Å². The van der Waals surface area contributed by atoms with E-state index in [1.807, 2.05) is 16.8 Å². The third kappa shape index (κ3) is 4.10. The molecule has 0 bridgehead atoms. The van der Waals surface area contributed by atoms with Gasteiger partial charge in [-0.1, -0.05) is 0 Å². The summed E-state index contributed by atoms with van der Waals surface area (Å²) in [4.78, 5) is 2.48. The molecule has 3 rings (SSSR count). The van der Waals surface area contributed by atoms with Crippen molar-refractivity contribution in [3.05, 3.63) is 47.5 Å². The number of likely N-dealkylation sites (tertiary alicyclic amines) is 1. The second-order valence-corrected chi connectivity index (χ2v) is 6.32. The normalized spacial score (nSPS) is 19.0. The molecule has 23 heavy (non-hydrogen) atoms. The van der Waals surface area contributed by atoms with Crippen molar-refractivity contribution in [3.8, 4) is 0 Å². The second kappa shape index (κ2) is 7.13. The number of rotatable bonds is 5. The van der Waals surface area contributed by atoms with Gasteiger partial charge in [0.05, 0.1) is 5.69 Å². The van der Waals surface area contributed by atoms with Gasteiger partial charge in [0.25, 0.3) is 0 Å². The maximum absolute atomic E-state index is 13.0. The minimum Gasteiger partial charge on any atom is -0.381 e. The first kappa shape index (κ1) is 16.0. The van der Waals surface area contributed by atoms with E-state index in [0.29, 0.717) is 6.04 Å². The summed E-state index contributed by atoms with van der Waals surface area (Å²) in [5, 5.41) is 8.05. The SMILES string of the molecule is CCn1cc(CN2CCCC(Nc3ccc(F)cc3)C2)c(C)n1. The summed E-state index contributed by atoms with van der Waals surface area (Å²) >= 11 is 0. The monoisotopic (exact) mass is 316 g/mol. The largest absolute Gasteiger partial charge is 0.381 e. The van der Waals surface area contributed by atoms with Crippen molar-refractivity contribution in [2.45, 2.75) is 45.8 Å². The van der Waals surface area contributed by atoms with Crippen LogP contribution in [0.2, 0.25) is 0 Å². The maximum Gasteiger partial charge on any atom is 0.123 e. The molecule has 0 radical (unpaired) electrons. The molecule has 1 aromatic heterocycles. The molecule has 5 heteroatoms. The van der Waals surface area contributed by atoms with Crippen LogP contribution in [0.15, 0.2) is 30.5 Å². The Kier molecular flexibility index (Phi) is 4.96. The maximum atomic E-state index is 13.0. The van der Waals surface area contributed by atoms with E-state index >= 15 is 0 Å². The van der Waals surface area contributed by atoms with Crippen molar-refractivity contribution in [2.75, 3.05) is 18.4 Å². The molecule has 2 heterocycles. The van der Waals surface area contributed by atoms with Crippen LogP contribution < -0.4 is 5.32 Å². The average molecular weight is 316 g/mol. The first-order valence-electron chi connectivity index (χ1n) is 8.41. The molecule has 1 aliphatic heterocycles. The van der Waals surface area contributed by atoms with Crippen molar-refractivity contribution in [1.29, 1.82) is 0 Å². The molecule has 4 nitrogen and oxygen atoms in total. The molecular weight excluding hydrogens is 291 g/mol. The Bertz CT molecular complexity index is 635. The zero-order chi connectivity index (χ0) is 16.2. The van der Waals surface area contributed by atoms with Crippen LogP contribution in [0.3, 0.4) is 0 Å². The molecule has 0 aliphatic carbocycles. The lowest BCUT2D eigenvalue weighted by atomic mass is 10.0. The Morgan fingerprint density at radius 3 is 2.78 bits per heavy atom. The van der Waals surface area contributed by atoms with E-state index in [0.717, 1.165) is 44.0 Å². The molecule has 1 unspecified atom stereocenters. The smallest absolute Gasteiger partial charge is 0.123 e. The summed E-state index contributed by atoms with van der Waals surface area (Å²) in [6.45, 7) is 8.19. The minimum absolute atomic E-state index is 0.191. The van der Waals surface area contributed by atoms with Crippen LogP contribution in [-0.2, 0) is 13.1 Å². The van der Waals surface area contributed by atoms with E-state index in [1.54, 1.807) is 0 Å². The number of anilines is 1. The molecule has 124 valence electrons. The Morgan fingerprint density at radius 1 is 1.30 bits per heavy atom. The van der Waals surface area contributed by atoms with E-state index in [1.165, 1.54) is 24.1 Å². The fourth-order valence-electron chi connectivity index (χ4n) is 3.22. The number of halogens is 1. The average Bonchev–Trinajstić information content (AvgIpc) is 2.90. The summed E-state index contributed by atoms with van der Waals surface area (Å²) in [6, 6.07) is 7.04. The molecule has 1 aliphatic rings. The Morgan fingerprint density at radius 2 is 2.09 bits per heavy atom. The first-order valence-corrected chi connectivity index (χ1v) is 8.41. The lowest BCUT2D eigenvalue weighted by molar-refractivity contribution is 0.208. The van der Waals surface area contributed by atoms with Crippen molar-refractivity contribution in [2.24, 2.45) is 0 Å². The van der Waals surface area contributed by atoms with Crippen LogP contribution in [0.4, 0.5) is 10.1 Å². The molecule has 2 aromatic rings. The zero-order valence-electron chi connectivity index (χ0n) is 13.9. The van der Waals surface area contributed by atoms with Crippen molar-refractivity contribution in [3.63, 3.8) is 0 Å². The fourth-order valence-corrected chi connectivity index (χ4v) is 3.22. The van der Waals surface area contributed by atoms with Gasteiger partial charge in [0, 0.05) is 43.1 Å². The summed E-state index contributed by atoms with van der Waals surface area (Å²) in [5.41, 5.74) is 3.43. The molecule has 0 amide bonds. The molecule has 1 fully saturated rings. The van der Waals surface area contributed by atoms with Crippen LogP contribution in [0.1, 0.15) is 31.0 Å². The van der Waals surface area contributed by atoms with Crippen LogP contribution in [0.25, 0.3) is 0 Å². The number of hydrogen-bond acceptors (Lipinski definition) is 3. The Hall–Kier alpha value is -1.88. The third-order valence-electron chi connectivity index (χ3n) is 4.49. The number of nitrogens with one attached hydrogen (secondary N) is 1. The second-order valence-electron chi connectivity index (χ2n) is 6.32. The molecular formula is C18H25FN4. The van der Waals surface area contributed by atoms with Crippen LogP contribution in [-0.4, -0.2) is 33.8 Å². The lowest BCUT2D eigenvalue weighted by Gasteiger charge is -2.33. The predicted molar refractivity (Wildman–Crippen MR) is 91.0 cm³/mol. The highest BCUT2D eigenvalue weighted by Gasteiger charge is 2.21. The summed E-state index contributed by atoms with van der Waals surface area (Å²) in [6.07, 6.45) is 4.49. The van der Waals surface area contributed by atoms with Gasteiger partial charge in [-0.25, -0.2) is 4.39 Å². The number of hydrogen-bond donors (Lipinski definition) is 1. The van der Waals surface area contributed by atoms with Gasteiger partial charge in [-0.15, -0.1) is 0 Å². The number of aryl methyl sites for hydroxylation is 2. The highest BCUT2D eigenvalue weighted by atomic mass is 19.1. The Balaban J connectivity index is 1.59. The van der Waals surface area contributed by atoms with E-state index in [2.05, 4.69) is 35.4 Å². The van der Waals surface area contributed by atoms with Gasteiger partial charge >= 0.3 is 0 Å². The number of nitrogens with zero attached hydrogens (tertiary/aromatic N) is 3. The van der Waals surface area contributed by atoms with Crippen molar-refractivity contribution in [1.82, 2.24) is 14.7 Å². The summed E-state index contributed by atoms with van der Waals surface area (Å²) in [7, 11) is 0. The molecule has 1 atom stereocenters. The number of piperidine rings is 1. The van der Waals surface area contributed by atoms with Gasteiger partial charge < -0.3 is 5.32 Å². The van der Waals surface area contributed by atoms with Gasteiger partial charge in [0.1, 0.15) is 5.82 Å². The predicted octanol–water partition coefficient (Wildman–Crippen LogP) is 3.43. The molecule has 1 saturated heterocycles. The zero-order valence-corrected chi connectivity index (χ0v) is 13.9. The van der Waals surface area contributed by atoms with E-state index in [-0.39, 0.29) is 5.82 Å². The highest BCUT2D eigenvalue weighted by Crippen LogP contribution is 2.19. The van der Waals surface area contributed by atoms with Gasteiger partial charge in [0.15, 0.2) is 0 Å². The van der Waals surface area contributed by atoms with E-state index in [4.69, 9.17) is 0 Å². The molecule has 1 aromatic carbocycles. The summed E-state index contributed by atoms with van der Waals surface area (Å²) in [5.74, 6) is -0.191. The van der Waals surface area contributed by atoms with E-state index in [9.17, 15) is 4.39 Å².